The van der Waals surface area contributed by atoms with E-state index in [1.165, 1.54) is 7.11 Å². The van der Waals surface area contributed by atoms with Crippen LogP contribution in [0.1, 0.15) is 31.8 Å². The molecule has 0 bridgehead atoms. The molecule has 4 aromatic rings. The highest BCUT2D eigenvalue weighted by Gasteiger charge is 2.18. The van der Waals surface area contributed by atoms with Crippen molar-refractivity contribution in [2.45, 2.75) is 13.8 Å². The molecule has 0 saturated heterocycles. The second-order valence-corrected chi connectivity index (χ2v) is 7.67. The summed E-state index contributed by atoms with van der Waals surface area (Å²) in [7, 11) is 1.53. The van der Waals surface area contributed by atoms with Gasteiger partial charge in [0.15, 0.2) is 12.4 Å². The smallest absolute Gasteiger partial charge is 0.339 e. The van der Waals surface area contributed by atoms with Crippen molar-refractivity contribution in [1.82, 2.24) is 4.98 Å². The molecule has 5 nitrogen and oxygen atoms in total. The second kappa shape index (κ2) is 9.02. The minimum Gasteiger partial charge on any atom is -0.497 e. The highest BCUT2D eigenvalue weighted by Crippen LogP contribution is 2.27. The molecule has 4 rings (SSSR count). The van der Waals surface area contributed by atoms with Crippen molar-refractivity contribution in [3.8, 4) is 17.0 Å². The molecule has 0 unspecified atom stereocenters. The minimum absolute atomic E-state index is 0.300. The van der Waals surface area contributed by atoms with Gasteiger partial charge in [-0.05, 0) is 44.2 Å². The van der Waals surface area contributed by atoms with Crippen LogP contribution in [0, 0.1) is 13.8 Å². The molecule has 0 fully saturated rings. The Morgan fingerprint density at radius 2 is 1.62 bits per heavy atom. The van der Waals surface area contributed by atoms with Crippen LogP contribution in [0.3, 0.4) is 0 Å². The molecule has 160 valence electrons. The fourth-order valence-corrected chi connectivity index (χ4v) is 3.47. The van der Waals surface area contributed by atoms with Gasteiger partial charge in [0, 0.05) is 16.5 Å². The highest BCUT2D eigenvalue weighted by atomic mass is 16.5. The normalized spacial score (nSPS) is 10.7. The summed E-state index contributed by atoms with van der Waals surface area (Å²) < 4.78 is 10.6. The highest BCUT2D eigenvalue weighted by molar-refractivity contribution is 6.06. The Morgan fingerprint density at radius 3 is 2.38 bits per heavy atom. The Kier molecular flexibility index (Phi) is 5.99. The van der Waals surface area contributed by atoms with Crippen molar-refractivity contribution >= 4 is 22.7 Å². The lowest BCUT2D eigenvalue weighted by Crippen LogP contribution is -2.15. The lowest BCUT2D eigenvalue weighted by Gasteiger charge is -2.11. The Hall–Kier alpha value is -3.99. The number of benzene rings is 3. The quantitative estimate of drug-likeness (QED) is 0.299. The van der Waals surface area contributed by atoms with Crippen LogP contribution in [0.5, 0.6) is 5.75 Å². The third kappa shape index (κ3) is 4.52. The van der Waals surface area contributed by atoms with Crippen molar-refractivity contribution in [3.05, 3.63) is 95.1 Å². The summed E-state index contributed by atoms with van der Waals surface area (Å²) in [5, 5.41) is 0.694. The van der Waals surface area contributed by atoms with Gasteiger partial charge >= 0.3 is 5.97 Å². The number of aryl methyl sites for hydroxylation is 2. The number of methoxy groups -OCH3 is 1. The fourth-order valence-electron chi connectivity index (χ4n) is 3.47. The van der Waals surface area contributed by atoms with Gasteiger partial charge in [-0.2, -0.15) is 0 Å². The predicted molar refractivity (Wildman–Crippen MR) is 124 cm³/mol. The molecule has 0 amide bonds. The summed E-state index contributed by atoms with van der Waals surface area (Å²) in [5.74, 6) is -0.293. The molecule has 0 aliphatic carbocycles. The number of aromatic nitrogens is 1. The van der Waals surface area contributed by atoms with Crippen molar-refractivity contribution in [2.75, 3.05) is 13.7 Å². The molecule has 5 heteroatoms. The van der Waals surface area contributed by atoms with Crippen LogP contribution in [-0.4, -0.2) is 30.5 Å². The fraction of sp³-hybridized carbons (Fsp3) is 0.148. The number of fused-ring (bicyclic) bond motifs is 1. The molecule has 0 atom stereocenters. The number of nitrogens with zero attached hydrogens (tertiary/aromatic N) is 1. The van der Waals surface area contributed by atoms with E-state index in [4.69, 9.17) is 14.5 Å². The Balaban J connectivity index is 1.65. The van der Waals surface area contributed by atoms with Crippen LogP contribution < -0.4 is 4.74 Å². The zero-order valence-corrected chi connectivity index (χ0v) is 18.2. The van der Waals surface area contributed by atoms with Crippen LogP contribution in [-0.2, 0) is 4.74 Å². The Labute approximate surface area is 186 Å². The van der Waals surface area contributed by atoms with Crippen LogP contribution in [0.2, 0.25) is 0 Å². The number of carbonyl (C=O) groups excluding carboxylic acids is 2. The first-order chi connectivity index (χ1) is 15.4. The van der Waals surface area contributed by atoms with E-state index in [1.807, 2.05) is 56.3 Å². The molecule has 0 saturated carbocycles. The lowest BCUT2D eigenvalue weighted by molar-refractivity contribution is 0.0476. The molecule has 3 aromatic carbocycles. The number of ether oxygens (including phenoxy) is 2. The van der Waals surface area contributed by atoms with Gasteiger partial charge in [0.05, 0.1) is 23.9 Å². The van der Waals surface area contributed by atoms with E-state index >= 15 is 0 Å². The number of ketones is 1. The van der Waals surface area contributed by atoms with E-state index in [0.717, 1.165) is 16.7 Å². The molecule has 32 heavy (non-hydrogen) atoms. The molecular formula is C27H23NO4. The molecule has 0 N–H and O–H groups in total. The van der Waals surface area contributed by atoms with Gasteiger partial charge in [-0.1, -0.05) is 53.6 Å². The van der Waals surface area contributed by atoms with Crippen LogP contribution >= 0.6 is 0 Å². The van der Waals surface area contributed by atoms with Crippen LogP contribution in [0.25, 0.3) is 22.2 Å². The molecule has 0 aliphatic heterocycles. The number of esters is 1. The minimum atomic E-state index is -0.562. The van der Waals surface area contributed by atoms with E-state index < -0.39 is 5.97 Å². The molecule has 1 aromatic heterocycles. The summed E-state index contributed by atoms with van der Waals surface area (Å²) in [6, 6.07) is 22.2. The first kappa shape index (κ1) is 21.2. The maximum atomic E-state index is 13.0. The first-order valence-corrected chi connectivity index (χ1v) is 10.3. The number of Topliss-reactive ketones (excluding diaryl/α,β-unsaturated/α-hetero) is 1. The average Bonchev–Trinajstić information content (AvgIpc) is 2.82. The number of carbonyl (C=O) groups is 2. The van der Waals surface area contributed by atoms with E-state index in [0.29, 0.717) is 33.5 Å². The van der Waals surface area contributed by atoms with E-state index in [2.05, 4.69) is 0 Å². The van der Waals surface area contributed by atoms with Gasteiger partial charge in [-0.25, -0.2) is 9.78 Å². The van der Waals surface area contributed by atoms with Crippen LogP contribution in [0.4, 0.5) is 0 Å². The van der Waals surface area contributed by atoms with Gasteiger partial charge < -0.3 is 9.47 Å². The SMILES string of the molecule is COc1cccc(C(=O)COC(=O)c2cc(-c3ccc(C)cc3)nc3ccc(C)cc23)c1. The summed E-state index contributed by atoms with van der Waals surface area (Å²) in [6.07, 6.45) is 0. The summed E-state index contributed by atoms with van der Waals surface area (Å²) >= 11 is 0. The van der Waals surface area contributed by atoms with Crippen molar-refractivity contribution < 1.29 is 19.1 Å². The standard InChI is InChI=1S/C27H23NO4/c1-17-7-10-19(11-8-17)25-15-23(22-13-18(2)9-12-24(22)28-25)27(30)32-16-26(29)20-5-4-6-21(14-20)31-3/h4-15H,16H2,1-3H3. The van der Waals surface area contributed by atoms with Gasteiger partial charge in [-0.15, -0.1) is 0 Å². The summed E-state index contributed by atoms with van der Waals surface area (Å²) in [6.45, 7) is 3.61. The van der Waals surface area contributed by atoms with E-state index in [9.17, 15) is 9.59 Å². The zero-order chi connectivity index (χ0) is 22.7. The van der Waals surface area contributed by atoms with Gasteiger partial charge in [-0.3, -0.25) is 4.79 Å². The predicted octanol–water partition coefficient (Wildman–Crippen LogP) is 5.57. The third-order valence-corrected chi connectivity index (χ3v) is 5.26. The topological polar surface area (TPSA) is 65.5 Å². The molecule has 0 aliphatic rings. The second-order valence-electron chi connectivity index (χ2n) is 7.67. The summed E-state index contributed by atoms with van der Waals surface area (Å²) in [4.78, 5) is 30.3. The molecule has 0 spiro atoms. The van der Waals surface area contributed by atoms with E-state index in [1.54, 1.807) is 30.3 Å². The van der Waals surface area contributed by atoms with Gasteiger partial charge in [0.2, 0.25) is 0 Å². The Morgan fingerprint density at radius 1 is 0.875 bits per heavy atom. The van der Waals surface area contributed by atoms with Gasteiger partial charge in [0.1, 0.15) is 5.75 Å². The zero-order valence-electron chi connectivity index (χ0n) is 18.2. The van der Waals surface area contributed by atoms with Gasteiger partial charge in [0.25, 0.3) is 0 Å². The number of pyridine rings is 1. The van der Waals surface area contributed by atoms with E-state index in [-0.39, 0.29) is 12.4 Å². The number of hydrogen-bond acceptors (Lipinski definition) is 5. The third-order valence-electron chi connectivity index (χ3n) is 5.26. The maximum Gasteiger partial charge on any atom is 0.339 e. The van der Waals surface area contributed by atoms with Crippen molar-refractivity contribution in [2.24, 2.45) is 0 Å². The van der Waals surface area contributed by atoms with Crippen molar-refractivity contribution in [1.29, 1.82) is 0 Å². The molecular weight excluding hydrogens is 402 g/mol. The number of hydrogen-bond donors (Lipinski definition) is 0. The number of rotatable bonds is 6. The lowest BCUT2D eigenvalue weighted by atomic mass is 10.0. The Bertz CT molecular complexity index is 1310. The maximum absolute atomic E-state index is 13.0. The first-order valence-electron chi connectivity index (χ1n) is 10.3. The average molecular weight is 425 g/mol. The largest absolute Gasteiger partial charge is 0.497 e. The monoisotopic (exact) mass is 425 g/mol. The molecule has 1 heterocycles. The molecule has 0 radical (unpaired) electrons. The van der Waals surface area contributed by atoms with Crippen molar-refractivity contribution in [3.63, 3.8) is 0 Å². The van der Waals surface area contributed by atoms with Crippen LogP contribution in [0.15, 0.2) is 72.8 Å². The summed E-state index contributed by atoms with van der Waals surface area (Å²) in [5.41, 5.74) is 5.22.